The maximum absolute atomic E-state index is 10.1. The number of aliphatic hydroxyl groups excluding tert-OH is 2. The molecule has 0 unspecified atom stereocenters. The molecular formula is C23H27N3O4. The molecule has 3 rings (SSSR count). The average molecular weight is 409 g/mol. The first kappa shape index (κ1) is 21.6. The van der Waals surface area contributed by atoms with Crippen LogP contribution < -0.4 is 20.5 Å². The van der Waals surface area contributed by atoms with Gasteiger partial charge in [-0.1, -0.05) is 30.3 Å². The van der Waals surface area contributed by atoms with Crippen molar-refractivity contribution in [1.82, 2.24) is 10.3 Å². The van der Waals surface area contributed by atoms with Gasteiger partial charge in [0.1, 0.15) is 24.2 Å². The van der Waals surface area contributed by atoms with Gasteiger partial charge in [-0.3, -0.25) is 0 Å². The Labute approximate surface area is 176 Å². The molecule has 0 bridgehead atoms. The first-order valence-corrected chi connectivity index (χ1v) is 9.81. The Morgan fingerprint density at radius 2 is 1.73 bits per heavy atom. The smallest absolute Gasteiger partial charge is 0.242 e. The molecule has 1 aromatic heterocycles. The maximum Gasteiger partial charge on any atom is 0.242 e. The van der Waals surface area contributed by atoms with E-state index in [4.69, 9.17) is 15.2 Å². The number of pyridine rings is 1. The van der Waals surface area contributed by atoms with Gasteiger partial charge < -0.3 is 30.7 Å². The number of para-hydroxylation sites is 1. The summed E-state index contributed by atoms with van der Waals surface area (Å²) in [5.41, 5.74) is 7.34. The summed E-state index contributed by atoms with van der Waals surface area (Å²) in [6.07, 6.45) is 1.55. The zero-order chi connectivity index (χ0) is 21.2. The van der Waals surface area contributed by atoms with Crippen LogP contribution in [0.4, 0.5) is 5.69 Å². The third-order valence-corrected chi connectivity index (χ3v) is 4.47. The van der Waals surface area contributed by atoms with Crippen LogP contribution in [0.1, 0.15) is 5.56 Å². The molecule has 30 heavy (non-hydrogen) atoms. The number of ether oxygens (including phenoxy) is 2. The van der Waals surface area contributed by atoms with Crippen molar-refractivity contribution in [1.29, 1.82) is 0 Å². The lowest BCUT2D eigenvalue weighted by atomic mass is 10.1. The number of nitrogens with one attached hydrogen (secondary N) is 1. The van der Waals surface area contributed by atoms with Gasteiger partial charge in [0.15, 0.2) is 0 Å². The van der Waals surface area contributed by atoms with E-state index in [0.717, 1.165) is 5.56 Å². The van der Waals surface area contributed by atoms with Crippen LogP contribution >= 0.6 is 0 Å². The van der Waals surface area contributed by atoms with Crippen LogP contribution in [-0.2, 0) is 6.42 Å². The minimum Gasteiger partial charge on any atom is -0.491 e. The average Bonchev–Trinajstić information content (AvgIpc) is 2.78. The SMILES string of the molecule is Nc1cccnc1Oc1ccc(C[C@@H](CO)NC[C@H](O)COc2ccccc2)cc1. The third-order valence-electron chi connectivity index (χ3n) is 4.47. The molecule has 0 saturated carbocycles. The summed E-state index contributed by atoms with van der Waals surface area (Å²) in [7, 11) is 0. The number of nitrogen functional groups attached to an aromatic ring is 1. The Kier molecular flexibility index (Phi) is 8.02. The molecule has 0 radical (unpaired) electrons. The lowest BCUT2D eigenvalue weighted by Gasteiger charge is -2.19. The van der Waals surface area contributed by atoms with Gasteiger partial charge in [0.2, 0.25) is 5.88 Å². The predicted molar refractivity (Wildman–Crippen MR) is 116 cm³/mol. The molecule has 0 aliphatic carbocycles. The molecule has 0 spiro atoms. The number of rotatable bonds is 11. The summed E-state index contributed by atoms with van der Waals surface area (Å²) >= 11 is 0. The van der Waals surface area contributed by atoms with E-state index in [0.29, 0.717) is 36.0 Å². The van der Waals surface area contributed by atoms with Crippen LogP contribution in [0.5, 0.6) is 17.4 Å². The molecule has 0 aliphatic rings. The van der Waals surface area contributed by atoms with Crippen molar-refractivity contribution in [3.63, 3.8) is 0 Å². The Morgan fingerprint density at radius 3 is 2.43 bits per heavy atom. The highest BCUT2D eigenvalue weighted by Gasteiger charge is 2.12. The van der Waals surface area contributed by atoms with E-state index in [1.807, 2.05) is 54.6 Å². The van der Waals surface area contributed by atoms with Gasteiger partial charge in [0, 0.05) is 18.8 Å². The van der Waals surface area contributed by atoms with E-state index >= 15 is 0 Å². The zero-order valence-corrected chi connectivity index (χ0v) is 16.6. The Morgan fingerprint density at radius 1 is 0.967 bits per heavy atom. The minimum atomic E-state index is -0.682. The second kappa shape index (κ2) is 11.2. The lowest BCUT2D eigenvalue weighted by molar-refractivity contribution is 0.0997. The number of benzene rings is 2. The quantitative estimate of drug-likeness (QED) is 0.385. The van der Waals surface area contributed by atoms with E-state index in [9.17, 15) is 10.2 Å². The number of nitrogens with zero attached hydrogens (tertiary/aromatic N) is 1. The highest BCUT2D eigenvalue weighted by molar-refractivity contribution is 5.48. The largest absolute Gasteiger partial charge is 0.491 e. The van der Waals surface area contributed by atoms with Crippen molar-refractivity contribution in [3.05, 3.63) is 78.5 Å². The minimum absolute atomic E-state index is 0.0466. The van der Waals surface area contributed by atoms with Crippen molar-refractivity contribution in [3.8, 4) is 17.4 Å². The molecular weight excluding hydrogens is 382 g/mol. The van der Waals surface area contributed by atoms with E-state index in [1.165, 1.54) is 0 Å². The number of hydrogen-bond acceptors (Lipinski definition) is 7. The van der Waals surface area contributed by atoms with E-state index < -0.39 is 6.10 Å². The van der Waals surface area contributed by atoms with Gasteiger partial charge >= 0.3 is 0 Å². The highest BCUT2D eigenvalue weighted by atomic mass is 16.5. The number of nitrogens with two attached hydrogens (primary N) is 1. The first-order chi connectivity index (χ1) is 14.6. The van der Waals surface area contributed by atoms with Gasteiger partial charge in [0.25, 0.3) is 0 Å². The monoisotopic (exact) mass is 409 g/mol. The van der Waals surface area contributed by atoms with Crippen molar-refractivity contribution in [2.45, 2.75) is 18.6 Å². The fourth-order valence-corrected chi connectivity index (χ4v) is 2.85. The van der Waals surface area contributed by atoms with Crippen molar-refractivity contribution in [2.75, 3.05) is 25.5 Å². The Balaban J connectivity index is 1.45. The van der Waals surface area contributed by atoms with Crippen LogP contribution in [0.25, 0.3) is 0 Å². The zero-order valence-electron chi connectivity index (χ0n) is 16.6. The van der Waals surface area contributed by atoms with E-state index in [-0.39, 0.29) is 19.3 Å². The highest BCUT2D eigenvalue weighted by Crippen LogP contribution is 2.24. The predicted octanol–water partition coefficient (Wildman–Crippen LogP) is 2.39. The fraction of sp³-hybridized carbons (Fsp3) is 0.261. The number of hydrogen-bond donors (Lipinski definition) is 4. The molecule has 0 saturated heterocycles. The molecule has 0 amide bonds. The molecule has 2 aromatic carbocycles. The molecule has 2 atom stereocenters. The molecule has 0 fully saturated rings. The van der Waals surface area contributed by atoms with Gasteiger partial charge in [-0.25, -0.2) is 4.98 Å². The van der Waals surface area contributed by atoms with Crippen LogP contribution in [0, 0.1) is 0 Å². The normalized spacial score (nSPS) is 12.9. The summed E-state index contributed by atoms with van der Waals surface area (Å²) in [5, 5.41) is 23.0. The first-order valence-electron chi connectivity index (χ1n) is 9.81. The topological polar surface area (TPSA) is 110 Å². The summed E-state index contributed by atoms with van der Waals surface area (Å²) in [6, 6.07) is 20.2. The molecule has 7 heteroatoms. The van der Waals surface area contributed by atoms with Crippen LogP contribution in [0.15, 0.2) is 72.9 Å². The van der Waals surface area contributed by atoms with Crippen molar-refractivity contribution in [2.24, 2.45) is 0 Å². The number of aliphatic hydroxyl groups is 2. The van der Waals surface area contributed by atoms with Gasteiger partial charge in [0.05, 0.1) is 12.3 Å². The standard InChI is InChI=1S/C23H27N3O4/c24-22-7-4-12-25-23(22)30-21-10-8-17(9-11-21)13-18(15-27)26-14-19(28)16-29-20-5-2-1-3-6-20/h1-12,18-19,26-28H,13-16,24H2/t18-,19-/m0/s1. The molecule has 0 aliphatic heterocycles. The molecule has 5 N–H and O–H groups in total. The lowest BCUT2D eigenvalue weighted by Crippen LogP contribution is -2.41. The van der Waals surface area contributed by atoms with Gasteiger partial charge in [-0.05, 0) is 48.4 Å². The summed E-state index contributed by atoms with van der Waals surface area (Å²) in [5.74, 6) is 1.71. The molecule has 1 heterocycles. The van der Waals surface area contributed by atoms with Gasteiger partial charge in [-0.15, -0.1) is 0 Å². The fourth-order valence-electron chi connectivity index (χ4n) is 2.85. The number of anilines is 1. The second-order valence-corrected chi connectivity index (χ2v) is 6.91. The van der Waals surface area contributed by atoms with Crippen LogP contribution in [0.3, 0.4) is 0 Å². The van der Waals surface area contributed by atoms with Crippen LogP contribution in [0.2, 0.25) is 0 Å². The molecule has 3 aromatic rings. The molecule has 158 valence electrons. The Bertz CT molecular complexity index is 890. The van der Waals surface area contributed by atoms with Crippen molar-refractivity contribution < 1.29 is 19.7 Å². The second-order valence-electron chi connectivity index (χ2n) is 6.91. The Hall–Kier alpha value is -3.13. The van der Waals surface area contributed by atoms with Crippen LogP contribution in [-0.4, -0.2) is 47.1 Å². The molecule has 7 nitrogen and oxygen atoms in total. The summed E-state index contributed by atoms with van der Waals surface area (Å²) in [6.45, 7) is 0.449. The van der Waals surface area contributed by atoms with E-state index in [2.05, 4.69) is 10.3 Å². The summed E-state index contributed by atoms with van der Waals surface area (Å²) < 4.78 is 11.2. The van der Waals surface area contributed by atoms with E-state index in [1.54, 1.807) is 18.3 Å². The van der Waals surface area contributed by atoms with Gasteiger partial charge in [-0.2, -0.15) is 0 Å². The van der Waals surface area contributed by atoms with Crippen molar-refractivity contribution >= 4 is 5.69 Å². The maximum atomic E-state index is 10.1. The summed E-state index contributed by atoms with van der Waals surface area (Å²) in [4.78, 5) is 4.11. The number of aromatic nitrogens is 1. The third kappa shape index (κ3) is 6.73.